The number of rotatable bonds is 4. The molecule has 0 aromatic heterocycles. The summed E-state index contributed by atoms with van der Waals surface area (Å²) in [6, 6.07) is 5.51. The molecular weight excluding hydrogens is 260 g/mol. The third kappa shape index (κ3) is 3.61. The number of benzene rings is 1. The number of hydrogen-bond donors (Lipinski definition) is 0. The Morgan fingerprint density at radius 1 is 1.25 bits per heavy atom. The second-order valence-corrected chi connectivity index (χ2v) is 4.67. The number of piperazine rings is 1. The molecular formula is C13H16N4O3. The van der Waals surface area contributed by atoms with E-state index >= 15 is 0 Å². The Bertz CT molecular complexity index is 519. The van der Waals surface area contributed by atoms with E-state index in [4.69, 9.17) is 0 Å². The molecule has 7 heteroatoms. The number of nitro groups is 1. The van der Waals surface area contributed by atoms with Crippen LogP contribution in [0.2, 0.25) is 0 Å². The van der Waals surface area contributed by atoms with E-state index in [2.05, 4.69) is 10.0 Å². The molecule has 2 rings (SSSR count). The van der Waals surface area contributed by atoms with Crippen LogP contribution >= 0.6 is 0 Å². The summed E-state index contributed by atoms with van der Waals surface area (Å²) in [5, 5.41) is 16.5. The molecule has 1 aromatic carbocycles. The van der Waals surface area contributed by atoms with Crippen molar-refractivity contribution in [2.75, 3.05) is 33.2 Å². The van der Waals surface area contributed by atoms with Crippen molar-refractivity contribution in [2.24, 2.45) is 5.10 Å². The molecule has 7 nitrogen and oxygen atoms in total. The molecule has 0 aliphatic carbocycles. The van der Waals surface area contributed by atoms with Crippen LogP contribution in [0.5, 0.6) is 0 Å². The molecule has 1 saturated heterocycles. The summed E-state index contributed by atoms with van der Waals surface area (Å²) in [6.45, 7) is 3.42. The van der Waals surface area contributed by atoms with Gasteiger partial charge in [-0.1, -0.05) is 0 Å². The largest absolute Gasteiger partial charge is 0.303 e. The zero-order chi connectivity index (χ0) is 14.5. The number of hydrogen-bond acceptors (Lipinski definition) is 6. The quantitative estimate of drug-likeness (QED) is 0.355. The highest BCUT2D eigenvalue weighted by Gasteiger charge is 2.12. The first-order valence-corrected chi connectivity index (χ1v) is 6.32. The van der Waals surface area contributed by atoms with Gasteiger partial charge in [0.05, 0.1) is 11.1 Å². The molecule has 1 aliphatic heterocycles. The lowest BCUT2D eigenvalue weighted by Crippen LogP contribution is -2.41. The summed E-state index contributed by atoms with van der Waals surface area (Å²) in [6.07, 6.45) is 1.27. The fourth-order valence-electron chi connectivity index (χ4n) is 1.87. The van der Waals surface area contributed by atoms with E-state index in [0.29, 0.717) is 5.56 Å². The van der Waals surface area contributed by atoms with Crippen molar-refractivity contribution in [1.82, 2.24) is 9.91 Å². The van der Waals surface area contributed by atoms with Gasteiger partial charge in [0.25, 0.3) is 5.69 Å². The lowest BCUT2D eigenvalue weighted by Gasteiger charge is -2.30. The van der Waals surface area contributed by atoms with Crippen LogP contribution in [0.25, 0.3) is 0 Å². The van der Waals surface area contributed by atoms with Crippen LogP contribution in [-0.4, -0.2) is 60.1 Å². The first kappa shape index (κ1) is 14.1. The molecule has 1 fully saturated rings. The maximum absolute atomic E-state index is 11.9. The maximum atomic E-state index is 11.9. The fraction of sp³-hybridized carbons (Fsp3) is 0.385. The zero-order valence-corrected chi connectivity index (χ0v) is 11.2. The summed E-state index contributed by atoms with van der Waals surface area (Å²) in [5.41, 5.74) is 0.367. The van der Waals surface area contributed by atoms with Gasteiger partial charge in [-0.3, -0.25) is 19.9 Å². The first-order chi connectivity index (χ1) is 9.56. The Balaban J connectivity index is 1.95. The molecule has 0 atom stereocenters. The van der Waals surface area contributed by atoms with Crippen molar-refractivity contribution >= 4 is 17.7 Å². The van der Waals surface area contributed by atoms with Gasteiger partial charge >= 0.3 is 0 Å². The minimum absolute atomic E-state index is 0.0300. The topological polar surface area (TPSA) is 79.0 Å². The van der Waals surface area contributed by atoms with E-state index in [1.54, 1.807) is 0 Å². The number of nitrogens with zero attached hydrogens (tertiary/aromatic N) is 4. The minimum Gasteiger partial charge on any atom is -0.303 e. The first-order valence-electron chi connectivity index (χ1n) is 6.32. The van der Waals surface area contributed by atoms with Crippen molar-refractivity contribution in [1.29, 1.82) is 0 Å². The molecule has 0 radical (unpaired) electrons. The minimum atomic E-state index is -0.493. The second kappa shape index (κ2) is 6.25. The summed E-state index contributed by atoms with van der Waals surface area (Å²) in [5.74, 6) is -0.251. The Morgan fingerprint density at radius 3 is 2.40 bits per heavy atom. The molecule has 0 saturated carbocycles. The fourth-order valence-corrected chi connectivity index (χ4v) is 1.87. The molecule has 0 N–H and O–H groups in total. The number of ketones is 1. The highest BCUT2D eigenvalue weighted by Crippen LogP contribution is 2.12. The van der Waals surface area contributed by atoms with Crippen molar-refractivity contribution in [3.8, 4) is 0 Å². The SMILES string of the molecule is CN1CCN(/N=C/C(=O)c2ccc([N+](=O)[O-])cc2)CC1. The van der Waals surface area contributed by atoms with Gasteiger partial charge in [0.15, 0.2) is 0 Å². The summed E-state index contributed by atoms with van der Waals surface area (Å²) in [4.78, 5) is 24.1. The van der Waals surface area contributed by atoms with Gasteiger partial charge in [0.2, 0.25) is 5.78 Å². The third-order valence-electron chi connectivity index (χ3n) is 3.18. The average Bonchev–Trinajstić information content (AvgIpc) is 2.46. The lowest BCUT2D eigenvalue weighted by atomic mass is 10.1. The highest BCUT2D eigenvalue weighted by atomic mass is 16.6. The van der Waals surface area contributed by atoms with E-state index in [-0.39, 0.29) is 11.5 Å². The summed E-state index contributed by atoms with van der Waals surface area (Å²) >= 11 is 0. The van der Waals surface area contributed by atoms with Gasteiger partial charge < -0.3 is 4.90 Å². The van der Waals surface area contributed by atoms with Crippen LogP contribution in [0, 0.1) is 10.1 Å². The number of hydrazone groups is 1. The molecule has 1 aromatic rings. The van der Waals surface area contributed by atoms with E-state index in [0.717, 1.165) is 26.2 Å². The lowest BCUT2D eigenvalue weighted by molar-refractivity contribution is -0.384. The molecule has 0 spiro atoms. The number of carbonyl (C=O) groups is 1. The number of likely N-dealkylation sites (N-methyl/N-ethyl adjacent to an activating group) is 1. The van der Waals surface area contributed by atoms with Crippen LogP contribution in [0.4, 0.5) is 5.69 Å². The number of non-ortho nitro benzene ring substituents is 1. The molecule has 1 aliphatic rings. The van der Waals surface area contributed by atoms with E-state index in [9.17, 15) is 14.9 Å². The molecule has 0 unspecified atom stereocenters. The van der Waals surface area contributed by atoms with Crippen LogP contribution in [-0.2, 0) is 0 Å². The van der Waals surface area contributed by atoms with E-state index < -0.39 is 4.92 Å². The summed E-state index contributed by atoms with van der Waals surface area (Å²) < 4.78 is 0. The van der Waals surface area contributed by atoms with Crippen LogP contribution in [0.3, 0.4) is 0 Å². The average molecular weight is 276 g/mol. The van der Waals surface area contributed by atoms with E-state index in [1.165, 1.54) is 30.5 Å². The van der Waals surface area contributed by atoms with Crippen molar-refractivity contribution in [3.05, 3.63) is 39.9 Å². The smallest absolute Gasteiger partial charge is 0.269 e. The normalized spacial score (nSPS) is 16.6. The Labute approximate surface area is 116 Å². The zero-order valence-electron chi connectivity index (χ0n) is 11.2. The van der Waals surface area contributed by atoms with Crippen LogP contribution in [0.1, 0.15) is 10.4 Å². The van der Waals surface area contributed by atoms with Gasteiger partial charge in [-0.25, -0.2) is 0 Å². The summed E-state index contributed by atoms with van der Waals surface area (Å²) in [7, 11) is 2.04. The Morgan fingerprint density at radius 2 is 1.85 bits per heavy atom. The molecule has 106 valence electrons. The van der Waals surface area contributed by atoms with Crippen molar-refractivity contribution in [2.45, 2.75) is 0 Å². The monoisotopic (exact) mass is 276 g/mol. The van der Waals surface area contributed by atoms with Gasteiger partial charge in [-0.2, -0.15) is 5.10 Å². The third-order valence-corrected chi connectivity index (χ3v) is 3.18. The van der Waals surface area contributed by atoms with Gasteiger partial charge in [-0.15, -0.1) is 0 Å². The molecule has 0 bridgehead atoms. The van der Waals surface area contributed by atoms with Gasteiger partial charge in [0.1, 0.15) is 0 Å². The maximum Gasteiger partial charge on any atom is 0.269 e. The van der Waals surface area contributed by atoms with Crippen LogP contribution in [0.15, 0.2) is 29.4 Å². The molecule has 0 amide bonds. The van der Waals surface area contributed by atoms with E-state index in [1.807, 2.05) is 12.1 Å². The number of Topliss-reactive ketones (excluding diaryl/α,β-unsaturated/α-hetero) is 1. The number of carbonyl (C=O) groups excluding carboxylic acids is 1. The predicted molar refractivity (Wildman–Crippen MR) is 75.0 cm³/mol. The van der Waals surface area contributed by atoms with Gasteiger partial charge in [0, 0.05) is 43.9 Å². The predicted octanol–water partition coefficient (Wildman–Crippen LogP) is 1.01. The Kier molecular flexibility index (Phi) is 4.41. The second-order valence-electron chi connectivity index (χ2n) is 4.67. The standard InChI is InChI=1S/C13H16N4O3/c1-15-6-8-16(9-7-15)14-10-13(18)11-2-4-12(5-3-11)17(19)20/h2-5,10H,6-9H2,1H3/b14-10+. The molecule has 1 heterocycles. The van der Waals surface area contributed by atoms with Crippen molar-refractivity contribution in [3.63, 3.8) is 0 Å². The highest BCUT2D eigenvalue weighted by molar-refractivity contribution is 6.35. The van der Waals surface area contributed by atoms with Crippen molar-refractivity contribution < 1.29 is 9.72 Å². The molecule has 20 heavy (non-hydrogen) atoms. The van der Waals surface area contributed by atoms with Gasteiger partial charge in [-0.05, 0) is 19.2 Å². The van der Waals surface area contributed by atoms with Crippen LogP contribution < -0.4 is 0 Å². The number of nitro benzene ring substituents is 1. The Hall–Kier alpha value is -2.28.